The molecule has 0 unspecified atom stereocenters. The molecule has 1 aromatic rings. The van der Waals surface area contributed by atoms with E-state index in [0.717, 1.165) is 31.7 Å². The number of nitrogens with zero attached hydrogens (tertiary/aromatic N) is 1. The quantitative estimate of drug-likeness (QED) is 0.614. The van der Waals surface area contributed by atoms with Crippen molar-refractivity contribution in [2.45, 2.75) is 11.8 Å². The third kappa shape index (κ3) is 3.82. The molecule has 1 heterocycles. The van der Waals surface area contributed by atoms with E-state index >= 15 is 0 Å². The predicted molar refractivity (Wildman–Crippen MR) is 74.1 cm³/mol. The van der Waals surface area contributed by atoms with E-state index in [9.17, 15) is 13.0 Å². The minimum atomic E-state index is -4.17. The fourth-order valence-corrected chi connectivity index (χ4v) is 2.79. The van der Waals surface area contributed by atoms with Gasteiger partial charge in [0.15, 0.2) is 0 Å². The Hall–Kier alpha value is 0.150. The van der Waals surface area contributed by atoms with Crippen molar-refractivity contribution < 1.29 is 15.8 Å². The molecule has 0 bridgehead atoms. The van der Waals surface area contributed by atoms with Gasteiger partial charge in [0.25, 0.3) is 10.1 Å². The van der Waals surface area contributed by atoms with Crippen LogP contribution in [0.2, 0.25) is 0 Å². The summed E-state index contributed by atoms with van der Waals surface area (Å²) >= 11 is 0. The summed E-state index contributed by atoms with van der Waals surface area (Å²) in [5.41, 5.74) is 1.40. The van der Waals surface area contributed by atoms with Crippen molar-refractivity contribution in [2.75, 3.05) is 31.1 Å². The van der Waals surface area contributed by atoms with E-state index < -0.39 is 10.1 Å². The average molecular weight is 298 g/mol. The van der Waals surface area contributed by atoms with Crippen molar-refractivity contribution in [3.8, 4) is 0 Å². The number of hydrogen-bond donors (Lipinski definition) is 2. The van der Waals surface area contributed by atoms with Crippen LogP contribution in [0, 0.1) is 6.92 Å². The van der Waals surface area contributed by atoms with Crippen LogP contribution in [0.4, 0.5) is 5.69 Å². The van der Waals surface area contributed by atoms with E-state index in [1.165, 1.54) is 6.07 Å². The van der Waals surface area contributed by atoms with Gasteiger partial charge in [-0.3, -0.25) is 4.55 Å². The summed E-state index contributed by atoms with van der Waals surface area (Å²) in [7, 11) is -4.17. The average Bonchev–Trinajstić information content (AvgIpc) is 2.29. The van der Waals surface area contributed by atoms with Gasteiger partial charge in [-0.1, -0.05) is 6.07 Å². The number of nitrogens with one attached hydrogen (secondary N) is 1. The van der Waals surface area contributed by atoms with Gasteiger partial charge in [0.05, 0.1) is 5.69 Å². The molecule has 98 valence electrons. The van der Waals surface area contributed by atoms with Gasteiger partial charge in [-0.25, -0.2) is 0 Å². The summed E-state index contributed by atoms with van der Waals surface area (Å²) in [5.74, 6) is 0. The van der Waals surface area contributed by atoms with Gasteiger partial charge in [0, 0.05) is 26.2 Å². The molecule has 1 aliphatic rings. The number of anilines is 1. The topological polar surface area (TPSA) is 69.6 Å². The van der Waals surface area contributed by atoms with Crippen LogP contribution in [-0.4, -0.2) is 76.9 Å². The Morgan fingerprint density at radius 3 is 2.50 bits per heavy atom. The van der Waals surface area contributed by atoms with Crippen LogP contribution in [0.5, 0.6) is 0 Å². The zero-order valence-corrected chi connectivity index (χ0v) is 13.4. The molecule has 1 aliphatic heterocycles. The second kappa shape index (κ2) is 6.54. The molecule has 0 saturated carbocycles. The molecule has 0 aromatic heterocycles. The van der Waals surface area contributed by atoms with Gasteiger partial charge in [0.1, 0.15) is 4.90 Å². The molecule has 7 heteroatoms. The van der Waals surface area contributed by atoms with Crippen LogP contribution < -0.4 is 10.2 Å². The molecule has 0 aliphatic carbocycles. The Bertz CT molecular complexity index is 522. The van der Waals surface area contributed by atoms with E-state index in [4.69, 9.17) is 0 Å². The SMILES string of the molecule is Cc1ccc(N2CCNCC2)c(S(=O)(=O)O)c1.[Ca+2].[H-].[H-]. The zero-order valence-electron chi connectivity index (χ0n) is 12.4. The second-order valence-corrected chi connectivity index (χ2v) is 5.57. The maximum absolute atomic E-state index is 11.4. The molecule has 0 atom stereocenters. The van der Waals surface area contributed by atoms with Gasteiger partial charge in [-0.05, 0) is 24.6 Å². The number of piperazine rings is 1. The zero-order chi connectivity index (χ0) is 12.5. The van der Waals surface area contributed by atoms with Crippen LogP contribution in [0.15, 0.2) is 23.1 Å². The minimum absolute atomic E-state index is 0. The Balaban J connectivity index is 0. The van der Waals surface area contributed by atoms with Crippen LogP contribution in [0.1, 0.15) is 8.42 Å². The number of hydrogen-bond acceptors (Lipinski definition) is 4. The number of benzene rings is 1. The standard InChI is InChI=1S/C11H16N2O3S.Ca.2H/c1-9-2-3-10(11(8-9)17(14,15)16)13-6-4-12-5-7-13;;;/h2-3,8,12H,4-7H2,1H3,(H,14,15,16);;;/q;+2;2*-1. The molecule has 2 N–H and O–H groups in total. The van der Waals surface area contributed by atoms with Gasteiger partial charge in [-0.15, -0.1) is 0 Å². The summed E-state index contributed by atoms with van der Waals surface area (Å²) in [4.78, 5) is 1.97. The largest absolute Gasteiger partial charge is 2.00 e. The van der Waals surface area contributed by atoms with E-state index in [2.05, 4.69) is 5.32 Å². The van der Waals surface area contributed by atoms with Gasteiger partial charge < -0.3 is 13.1 Å². The van der Waals surface area contributed by atoms with Crippen LogP contribution >= 0.6 is 0 Å². The fourth-order valence-electron chi connectivity index (χ4n) is 1.99. The van der Waals surface area contributed by atoms with Crippen LogP contribution in [-0.2, 0) is 10.1 Å². The monoisotopic (exact) mass is 298 g/mol. The van der Waals surface area contributed by atoms with Crippen molar-refractivity contribution in [2.24, 2.45) is 0 Å². The Labute approximate surface area is 140 Å². The van der Waals surface area contributed by atoms with Crippen molar-refractivity contribution in [3.05, 3.63) is 23.8 Å². The summed E-state index contributed by atoms with van der Waals surface area (Å²) in [6, 6.07) is 5.11. The normalized spacial score (nSPS) is 16.2. The first-order chi connectivity index (χ1) is 7.98. The predicted octanol–water partition coefficient (Wildman–Crippen LogP) is 0.496. The van der Waals surface area contributed by atoms with Crippen molar-refractivity contribution >= 4 is 53.5 Å². The molecule has 0 radical (unpaired) electrons. The molecule has 1 fully saturated rings. The maximum atomic E-state index is 11.4. The van der Waals surface area contributed by atoms with E-state index in [1.54, 1.807) is 13.0 Å². The number of aryl methyl sites for hydroxylation is 1. The first-order valence-corrected chi connectivity index (χ1v) is 6.96. The number of rotatable bonds is 2. The molecule has 2 rings (SSSR count). The van der Waals surface area contributed by atoms with Gasteiger partial charge in [-0.2, -0.15) is 8.42 Å². The van der Waals surface area contributed by atoms with Crippen LogP contribution in [0.3, 0.4) is 0 Å². The Kier molecular flexibility index (Phi) is 5.89. The van der Waals surface area contributed by atoms with Crippen molar-refractivity contribution in [3.63, 3.8) is 0 Å². The van der Waals surface area contributed by atoms with Gasteiger partial charge in [0.2, 0.25) is 0 Å². The third-order valence-electron chi connectivity index (χ3n) is 2.85. The van der Waals surface area contributed by atoms with E-state index in [1.807, 2.05) is 11.0 Å². The van der Waals surface area contributed by atoms with E-state index in [0.29, 0.717) is 5.69 Å². The molecule has 5 nitrogen and oxygen atoms in total. The molecule has 0 spiro atoms. The van der Waals surface area contributed by atoms with E-state index in [-0.39, 0.29) is 45.5 Å². The first kappa shape index (κ1) is 16.2. The first-order valence-electron chi connectivity index (χ1n) is 5.52. The molecular formula is C11H18CaN2O3S. The fraction of sp³-hybridized carbons (Fsp3) is 0.455. The summed E-state index contributed by atoms with van der Waals surface area (Å²) < 4.78 is 32.0. The minimum Gasteiger partial charge on any atom is -1.00 e. The molecule has 0 amide bonds. The molecule has 18 heavy (non-hydrogen) atoms. The van der Waals surface area contributed by atoms with Crippen molar-refractivity contribution in [1.29, 1.82) is 0 Å². The molecule has 1 saturated heterocycles. The molecule has 1 aromatic carbocycles. The van der Waals surface area contributed by atoms with Gasteiger partial charge >= 0.3 is 37.7 Å². The molecular weight excluding hydrogens is 280 g/mol. The Morgan fingerprint density at radius 2 is 1.94 bits per heavy atom. The second-order valence-electron chi connectivity index (χ2n) is 4.18. The van der Waals surface area contributed by atoms with Crippen LogP contribution in [0.25, 0.3) is 0 Å². The maximum Gasteiger partial charge on any atom is 2.00 e. The van der Waals surface area contributed by atoms with Crippen molar-refractivity contribution in [1.82, 2.24) is 5.32 Å². The summed E-state index contributed by atoms with van der Waals surface area (Å²) in [5, 5.41) is 3.20. The smallest absolute Gasteiger partial charge is 1.00 e. The summed E-state index contributed by atoms with van der Waals surface area (Å²) in [6.45, 7) is 4.92. The Morgan fingerprint density at radius 1 is 1.33 bits per heavy atom. The third-order valence-corrected chi connectivity index (χ3v) is 3.73. The summed E-state index contributed by atoms with van der Waals surface area (Å²) in [6.07, 6.45) is 0.